The fraction of sp³-hybridized carbons (Fsp3) is 0.185. The molecule has 0 fully saturated rings. The van der Waals surface area contributed by atoms with E-state index in [2.05, 4.69) is 46.7 Å². The average molecular weight is 504 g/mol. The maximum absolute atomic E-state index is 12.4. The molecule has 4 aromatic rings. The van der Waals surface area contributed by atoms with Crippen molar-refractivity contribution >= 4 is 35.5 Å². The molecule has 35 heavy (non-hydrogen) atoms. The minimum atomic E-state index is -0.229. The van der Waals surface area contributed by atoms with Crippen molar-refractivity contribution in [2.45, 2.75) is 31.8 Å². The van der Waals surface area contributed by atoms with Gasteiger partial charge < -0.3 is 0 Å². The summed E-state index contributed by atoms with van der Waals surface area (Å²) in [6, 6.07) is 23.6. The predicted molar refractivity (Wildman–Crippen MR) is 144 cm³/mol. The van der Waals surface area contributed by atoms with Gasteiger partial charge in [0.25, 0.3) is 5.91 Å². The van der Waals surface area contributed by atoms with Gasteiger partial charge in [-0.1, -0.05) is 91.3 Å². The van der Waals surface area contributed by atoms with E-state index in [1.165, 1.54) is 17.3 Å². The number of nitrogens with one attached hydrogen (secondary N) is 1. The monoisotopic (exact) mass is 503 g/mol. The summed E-state index contributed by atoms with van der Waals surface area (Å²) in [4.78, 5) is 12.4. The molecule has 0 radical (unpaired) electrons. The molecule has 6 nitrogen and oxygen atoms in total. The Bertz CT molecular complexity index is 1310. The molecule has 3 aromatic carbocycles. The van der Waals surface area contributed by atoms with Gasteiger partial charge in [-0.25, -0.2) is 5.43 Å². The second-order valence-electron chi connectivity index (χ2n) is 8.39. The zero-order valence-electron chi connectivity index (χ0n) is 19.8. The third-order valence-electron chi connectivity index (χ3n) is 5.37. The highest BCUT2D eigenvalue weighted by atomic mass is 35.5. The van der Waals surface area contributed by atoms with E-state index in [0.717, 1.165) is 22.4 Å². The number of carbonyl (C=O) groups is 1. The predicted octanol–water partition coefficient (Wildman–Crippen LogP) is 6.26. The summed E-state index contributed by atoms with van der Waals surface area (Å²) in [5.74, 6) is 1.08. The molecule has 0 spiro atoms. The molecular weight excluding hydrogens is 478 g/mol. The second-order valence-corrected chi connectivity index (χ2v) is 9.77. The van der Waals surface area contributed by atoms with Crippen LogP contribution < -0.4 is 5.43 Å². The Labute approximate surface area is 214 Å². The molecule has 0 saturated heterocycles. The van der Waals surface area contributed by atoms with Gasteiger partial charge >= 0.3 is 0 Å². The lowest BCUT2D eigenvalue weighted by molar-refractivity contribution is -0.118. The number of aromatic nitrogens is 3. The van der Waals surface area contributed by atoms with Gasteiger partial charge in [-0.05, 0) is 48.2 Å². The van der Waals surface area contributed by atoms with Crippen molar-refractivity contribution in [2.24, 2.45) is 5.10 Å². The number of amides is 1. The molecule has 178 valence electrons. The van der Waals surface area contributed by atoms with Gasteiger partial charge in [-0.15, -0.1) is 10.2 Å². The minimum absolute atomic E-state index is 0.142. The van der Waals surface area contributed by atoms with Gasteiger partial charge in [0.05, 0.1) is 12.0 Å². The van der Waals surface area contributed by atoms with E-state index < -0.39 is 0 Å². The Hall–Kier alpha value is -3.42. The van der Waals surface area contributed by atoms with Crippen molar-refractivity contribution in [1.82, 2.24) is 20.2 Å². The smallest absolute Gasteiger partial charge is 0.250 e. The standard InChI is InChI=1S/C27H26ClN5OS/c1-18(2)21-10-6-20(7-11-21)16-29-30-25(34)17-35-27-32-31-26(22-8-4-19(3)5-9-22)33(27)24-14-12-23(28)13-15-24/h4-16,18H,17H2,1-3H3,(H,30,34)/b29-16+. The number of halogens is 1. The van der Waals surface area contributed by atoms with E-state index in [-0.39, 0.29) is 11.7 Å². The summed E-state index contributed by atoms with van der Waals surface area (Å²) in [7, 11) is 0. The summed E-state index contributed by atoms with van der Waals surface area (Å²) in [6.45, 7) is 6.34. The van der Waals surface area contributed by atoms with Crippen molar-refractivity contribution in [1.29, 1.82) is 0 Å². The average Bonchev–Trinajstić information content (AvgIpc) is 3.28. The molecule has 0 saturated carbocycles. The number of carbonyl (C=O) groups excluding carboxylic acids is 1. The van der Waals surface area contributed by atoms with Gasteiger partial charge in [0.2, 0.25) is 0 Å². The largest absolute Gasteiger partial charge is 0.272 e. The van der Waals surface area contributed by atoms with Gasteiger partial charge in [0, 0.05) is 16.3 Å². The van der Waals surface area contributed by atoms with Crippen molar-refractivity contribution in [3.05, 3.63) is 94.5 Å². The van der Waals surface area contributed by atoms with Crippen molar-refractivity contribution < 1.29 is 4.79 Å². The van der Waals surface area contributed by atoms with E-state index in [1.54, 1.807) is 6.21 Å². The summed E-state index contributed by atoms with van der Waals surface area (Å²) in [5.41, 5.74) is 7.73. The number of thioether (sulfide) groups is 1. The molecule has 1 aromatic heterocycles. The molecule has 8 heteroatoms. The molecule has 0 aliphatic carbocycles. The van der Waals surface area contributed by atoms with E-state index in [4.69, 9.17) is 11.6 Å². The third kappa shape index (κ3) is 6.38. The number of aryl methyl sites for hydroxylation is 1. The van der Waals surface area contributed by atoms with Crippen LogP contribution in [0.3, 0.4) is 0 Å². The fourth-order valence-electron chi connectivity index (χ4n) is 3.38. The zero-order valence-corrected chi connectivity index (χ0v) is 21.3. The highest BCUT2D eigenvalue weighted by Gasteiger charge is 2.17. The van der Waals surface area contributed by atoms with Crippen molar-refractivity contribution in [2.75, 3.05) is 5.75 Å². The Morgan fingerprint density at radius 3 is 2.37 bits per heavy atom. The summed E-state index contributed by atoms with van der Waals surface area (Å²) >= 11 is 7.39. The summed E-state index contributed by atoms with van der Waals surface area (Å²) in [6.07, 6.45) is 1.64. The molecule has 4 rings (SSSR count). The normalized spacial score (nSPS) is 11.3. The minimum Gasteiger partial charge on any atom is -0.272 e. The zero-order chi connectivity index (χ0) is 24.8. The molecule has 0 aliphatic rings. The molecule has 0 aliphatic heterocycles. The van der Waals surface area contributed by atoms with E-state index in [1.807, 2.05) is 72.2 Å². The Morgan fingerprint density at radius 2 is 1.71 bits per heavy atom. The van der Waals surface area contributed by atoms with Crippen LogP contribution in [0.15, 0.2) is 83.1 Å². The first kappa shape index (κ1) is 24.7. The summed E-state index contributed by atoms with van der Waals surface area (Å²) < 4.78 is 1.93. The lowest BCUT2D eigenvalue weighted by Gasteiger charge is -2.10. The SMILES string of the molecule is Cc1ccc(-c2nnc(SCC(=O)N/N=C/c3ccc(C(C)C)cc3)n2-c2ccc(Cl)cc2)cc1. The Kier molecular flexibility index (Phi) is 8.00. The van der Waals surface area contributed by atoms with Gasteiger partial charge in [0.1, 0.15) is 0 Å². The van der Waals surface area contributed by atoms with E-state index in [0.29, 0.717) is 21.9 Å². The fourth-order valence-corrected chi connectivity index (χ4v) is 4.25. The first-order valence-corrected chi connectivity index (χ1v) is 12.6. The molecule has 1 heterocycles. The number of hydrogen-bond donors (Lipinski definition) is 1. The van der Waals surface area contributed by atoms with Crippen LogP contribution in [0.2, 0.25) is 5.02 Å². The van der Waals surface area contributed by atoms with Crippen molar-refractivity contribution in [3.63, 3.8) is 0 Å². The maximum atomic E-state index is 12.4. The van der Waals surface area contributed by atoms with Crippen LogP contribution in [0.5, 0.6) is 0 Å². The van der Waals surface area contributed by atoms with Crippen molar-refractivity contribution in [3.8, 4) is 17.1 Å². The first-order valence-electron chi connectivity index (χ1n) is 11.2. The number of rotatable bonds is 8. The molecule has 1 amide bonds. The van der Waals surface area contributed by atoms with Crippen LogP contribution in [-0.2, 0) is 4.79 Å². The van der Waals surface area contributed by atoms with Crippen LogP contribution in [0.4, 0.5) is 0 Å². The van der Waals surface area contributed by atoms with Crippen LogP contribution in [0.25, 0.3) is 17.1 Å². The van der Waals surface area contributed by atoms with E-state index in [9.17, 15) is 4.79 Å². The van der Waals surface area contributed by atoms with Gasteiger partial charge in [-0.3, -0.25) is 9.36 Å². The van der Waals surface area contributed by atoms with Crippen LogP contribution in [0.1, 0.15) is 36.5 Å². The van der Waals surface area contributed by atoms with Crippen LogP contribution in [0, 0.1) is 6.92 Å². The highest BCUT2D eigenvalue weighted by Crippen LogP contribution is 2.28. The van der Waals surface area contributed by atoms with Gasteiger partial charge in [-0.2, -0.15) is 5.10 Å². The van der Waals surface area contributed by atoms with Crippen LogP contribution >= 0.6 is 23.4 Å². The molecular formula is C27H26ClN5OS. The first-order chi connectivity index (χ1) is 16.9. The number of benzene rings is 3. The highest BCUT2D eigenvalue weighted by molar-refractivity contribution is 7.99. The van der Waals surface area contributed by atoms with Crippen LogP contribution in [-0.4, -0.2) is 32.6 Å². The molecule has 0 atom stereocenters. The molecule has 0 bridgehead atoms. The quantitative estimate of drug-likeness (QED) is 0.175. The Morgan fingerprint density at radius 1 is 1.03 bits per heavy atom. The second kappa shape index (κ2) is 11.3. The van der Waals surface area contributed by atoms with Gasteiger partial charge in [0.15, 0.2) is 11.0 Å². The third-order valence-corrected chi connectivity index (χ3v) is 6.55. The number of hydrogen-bond acceptors (Lipinski definition) is 5. The number of hydrazone groups is 1. The number of nitrogens with zero attached hydrogens (tertiary/aromatic N) is 4. The van der Waals surface area contributed by atoms with E-state index >= 15 is 0 Å². The summed E-state index contributed by atoms with van der Waals surface area (Å²) in [5, 5.41) is 14.1. The topological polar surface area (TPSA) is 72.2 Å². The molecule has 0 unspecified atom stereocenters. The maximum Gasteiger partial charge on any atom is 0.250 e. The molecule has 1 N–H and O–H groups in total. The Balaban J connectivity index is 1.47. The lowest BCUT2D eigenvalue weighted by Crippen LogP contribution is -2.20. The lowest BCUT2D eigenvalue weighted by atomic mass is 10.0.